The van der Waals surface area contributed by atoms with E-state index in [-0.39, 0.29) is 24.5 Å². The Bertz CT molecular complexity index is 1260. The summed E-state index contributed by atoms with van der Waals surface area (Å²) in [5.74, 6) is -0.132. The Morgan fingerprint density at radius 3 is 2.62 bits per heavy atom. The SMILES string of the molecule is O=C(CN1C(=S)N[C@@H](c2ccccn2)[C@@H]1c1cccn1Cc1cccnc1)Nc1ccccc1. The zero-order valence-corrected chi connectivity index (χ0v) is 19.2. The van der Waals surface area contributed by atoms with Crippen LogP contribution in [0.2, 0.25) is 0 Å². The molecule has 2 atom stereocenters. The molecule has 0 aliphatic carbocycles. The lowest BCUT2D eigenvalue weighted by Crippen LogP contribution is -2.37. The number of para-hydroxylation sites is 1. The molecule has 170 valence electrons. The van der Waals surface area contributed by atoms with E-state index in [0.29, 0.717) is 11.7 Å². The van der Waals surface area contributed by atoms with Crippen LogP contribution >= 0.6 is 12.2 Å². The van der Waals surface area contributed by atoms with Crippen molar-refractivity contribution in [2.45, 2.75) is 18.6 Å². The molecule has 1 aliphatic rings. The van der Waals surface area contributed by atoms with Gasteiger partial charge in [0.2, 0.25) is 5.91 Å². The Kier molecular flexibility index (Phi) is 6.31. The summed E-state index contributed by atoms with van der Waals surface area (Å²) in [5, 5.41) is 6.90. The van der Waals surface area contributed by atoms with Gasteiger partial charge in [0.25, 0.3) is 0 Å². The number of rotatable bonds is 7. The van der Waals surface area contributed by atoms with Crippen molar-refractivity contribution in [3.05, 3.63) is 115 Å². The molecule has 8 heteroatoms. The van der Waals surface area contributed by atoms with Crippen molar-refractivity contribution in [2.24, 2.45) is 0 Å². The first-order valence-electron chi connectivity index (χ1n) is 11.1. The number of pyridine rings is 2. The molecule has 5 rings (SSSR count). The van der Waals surface area contributed by atoms with E-state index < -0.39 is 0 Å². The fourth-order valence-corrected chi connectivity index (χ4v) is 4.61. The van der Waals surface area contributed by atoms with Crippen LogP contribution in [0, 0.1) is 0 Å². The largest absolute Gasteiger partial charge is 0.352 e. The van der Waals surface area contributed by atoms with Gasteiger partial charge in [0.15, 0.2) is 5.11 Å². The minimum Gasteiger partial charge on any atom is -0.352 e. The lowest BCUT2D eigenvalue weighted by Gasteiger charge is -2.28. The molecule has 4 aromatic rings. The molecule has 0 saturated carbocycles. The number of carbonyl (C=O) groups excluding carboxylic acids is 1. The van der Waals surface area contributed by atoms with Crippen LogP contribution in [0.3, 0.4) is 0 Å². The Hall–Kier alpha value is -4.04. The minimum absolute atomic E-state index is 0.118. The Morgan fingerprint density at radius 1 is 1.00 bits per heavy atom. The average molecular weight is 469 g/mol. The van der Waals surface area contributed by atoms with Gasteiger partial charge in [-0.3, -0.25) is 14.8 Å². The standard InChI is InChI=1S/C26H24N6OS/c33-23(29-20-9-2-1-3-10-20)18-32-25(24(30-26(32)34)21-11-4-5-14-28-21)22-12-7-15-31(22)17-19-8-6-13-27-16-19/h1-16,24-25H,17-18H2,(H,29,33)(H,30,34)/t24-,25-/m0/s1. The van der Waals surface area contributed by atoms with Crippen LogP contribution in [0.15, 0.2) is 97.6 Å². The molecule has 0 spiro atoms. The van der Waals surface area contributed by atoms with Gasteiger partial charge in [0.1, 0.15) is 6.54 Å². The van der Waals surface area contributed by atoms with E-state index in [4.69, 9.17) is 12.2 Å². The van der Waals surface area contributed by atoms with Crippen LogP contribution in [0.4, 0.5) is 5.69 Å². The monoisotopic (exact) mass is 468 g/mol. The molecule has 7 nitrogen and oxygen atoms in total. The second kappa shape index (κ2) is 9.84. The molecule has 1 fully saturated rings. The van der Waals surface area contributed by atoms with Crippen molar-refractivity contribution in [3.63, 3.8) is 0 Å². The maximum Gasteiger partial charge on any atom is 0.244 e. The molecule has 34 heavy (non-hydrogen) atoms. The highest BCUT2D eigenvalue weighted by Gasteiger charge is 2.41. The van der Waals surface area contributed by atoms with Crippen molar-refractivity contribution in [1.29, 1.82) is 0 Å². The summed E-state index contributed by atoms with van der Waals surface area (Å²) in [6.45, 7) is 0.783. The van der Waals surface area contributed by atoms with Crippen LogP contribution in [-0.4, -0.2) is 37.0 Å². The highest BCUT2D eigenvalue weighted by molar-refractivity contribution is 7.80. The number of aromatic nitrogens is 3. The van der Waals surface area contributed by atoms with Gasteiger partial charge in [-0.05, 0) is 60.2 Å². The topological polar surface area (TPSA) is 75.1 Å². The van der Waals surface area contributed by atoms with Crippen LogP contribution < -0.4 is 10.6 Å². The number of nitrogens with zero attached hydrogens (tertiary/aromatic N) is 4. The van der Waals surface area contributed by atoms with E-state index in [2.05, 4.69) is 37.3 Å². The molecule has 1 aromatic carbocycles. The summed E-state index contributed by atoms with van der Waals surface area (Å²) in [4.78, 5) is 23.7. The van der Waals surface area contributed by atoms with Crippen molar-refractivity contribution in [3.8, 4) is 0 Å². The molecule has 0 unspecified atom stereocenters. The molecule has 0 radical (unpaired) electrons. The van der Waals surface area contributed by atoms with Crippen LogP contribution in [0.1, 0.15) is 29.0 Å². The zero-order chi connectivity index (χ0) is 23.3. The number of benzene rings is 1. The Morgan fingerprint density at radius 2 is 1.85 bits per heavy atom. The molecular formula is C26H24N6OS. The first kappa shape index (κ1) is 21.8. The maximum absolute atomic E-state index is 13.0. The predicted molar refractivity (Wildman–Crippen MR) is 135 cm³/mol. The van der Waals surface area contributed by atoms with E-state index >= 15 is 0 Å². The second-order valence-corrected chi connectivity index (χ2v) is 8.48. The van der Waals surface area contributed by atoms with Gasteiger partial charge in [0, 0.05) is 42.7 Å². The zero-order valence-electron chi connectivity index (χ0n) is 18.4. The van der Waals surface area contributed by atoms with Gasteiger partial charge < -0.3 is 20.1 Å². The first-order valence-corrected chi connectivity index (χ1v) is 11.5. The van der Waals surface area contributed by atoms with Gasteiger partial charge >= 0.3 is 0 Å². The third kappa shape index (κ3) is 4.67. The molecule has 4 heterocycles. The van der Waals surface area contributed by atoms with Gasteiger partial charge in [-0.15, -0.1) is 0 Å². The van der Waals surface area contributed by atoms with E-state index in [1.165, 1.54) is 0 Å². The van der Waals surface area contributed by atoms with Crippen molar-refractivity contribution < 1.29 is 4.79 Å². The molecule has 3 aromatic heterocycles. The molecular weight excluding hydrogens is 444 g/mol. The summed E-state index contributed by atoms with van der Waals surface area (Å²) < 4.78 is 2.18. The normalized spacial score (nSPS) is 17.4. The Labute approximate surface area is 203 Å². The van der Waals surface area contributed by atoms with Gasteiger partial charge in [-0.1, -0.05) is 30.3 Å². The first-order chi connectivity index (χ1) is 16.7. The van der Waals surface area contributed by atoms with Crippen molar-refractivity contribution >= 4 is 28.9 Å². The molecule has 1 saturated heterocycles. The van der Waals surface area contributed by atoms with Crippen LogP contribution in [0.25, 0.3) is 0 Å². The van der Waals surface area contributed by atoms with Crippen LogP contribution in [0.5, 0.6) is 0 Å². The van der Waals surface area contributed by atoms with Gasteiger partial charge in [-0.2, -0.15) is 0 Å². The van der Waals surface area contributed by atoms with Crippen LogP contribution in [-0.2, 0) is 11.3 Å². The second-order valence-electron chi connectivity index (χ2n) is 8.09. The highest BCUT2D eigenvalue weighted by Crippen LogP contribution is 2.38. The number of carbonyl (C=O) groups is 1. The molecule has 2 N–H and O–H groups in total. The van der Waals surface area contributed by atoms with E-state index in [1.54, 1.807) is 12.4 Å². The van der Waals surface area contributed by atoms with Crippen molar-refractivity contribution in [1.82, 2.24) is 24.8 Å². The van der Waals surface area contributed by atoms with Gasteiger partial charge in [-0.25, -0.2) is 0 Å². The van der Waals surface area contributed by atoms with Gasteiger partial charge in [0.05, 0.1) is 17.8 Å². The third-order valence-corrected chi connectivity index (χ3v) is 6.17. The average Bonchev–Trinajstić information content (AvgIpc) is 3.44. The number of anilines is 1. The maximum atomic E-state index is 13.0. The number of hydrogen-bond donors (Lipinski definition) is 2. The lowest BCUT2D eigenvalue weighted by molar-refractivity contribution is -0.116. The molecule has 1 aliphatic heterocycles. The minimum atomic E-state index is -0.212. The molecule has 0 bridgehead atoms. The number of nitrogens with one attached hydrogen (secondary N) is 2. The Balaban J connectivity index is 1.47. The fourth-order valence-electron chi connectivity index (χ4n) is 4.30. The fraction of sp³-hybridized carbons (Fsp3) is 0.154. The summed E-state index contributed by atoms with van der Waals surface area (Å²) in [6, 6.07) is 22.9. The summed E-state index contributed by atoms with van der Waals surface area (Å²) in [6.07, 6.45) is 7.45. The smallest absolute Gasteiger partial charge is 0.244 e. The van der Waals surface area contributed by atoms with Crippen molar-refractivity contribution in [2.75, 3.05) is 11.9 Å². The summed E-state index contributed by atoms with van der Waals surface area (Å²) >= 11 is 5.71. The van der Waals surface area contributed by atoms with E-state index in [9.17, 15) is 4.79 Å². The number of hydrogen-bond acceptors (Lipinski definition) is 4. The highest BCUT2D eigenvalue weighted by atomic mass is 32.1. The molecule has 1 amide bonds. The number of thiocarbonyl (C=S) groups is 1. The van der Waals surface area contributed by atoms with E-state index in [0.717, 1.165) is 22.6 Å². The lowest BCUT2D eigenvalue weighted by atomic mass is 10.0. The predicted octanol–water partition coefficient (Wildman–Crippen LogP) is 3.94. The summed E-state index contributed by atoms with van der Waals surface area (Å²) in [5.41, 5.74) is 3.76. The van der Waals surface area contributed by atoms with E-state index in [1.807, 2.05) is 78.0 Å². The quantitative estimate of drug-likeness (QED) is 0.400. The summed E-state index contributed by atoms with van der Waals surface area (Å²) in [7, 11) is 0. The number of amides is 1. The third-order valence-electron chi connectivity index (χ3n) is 5.81.